The van der Waals surface area contributed by atoms with E-state index in [-0.39, 0.29) is 10.5 Å². The van der Waals surface area contributed by atoms with E-state index in [2.05, 4.69) is 73.7 Å². The first-order valence-electron chi connectivity index (χ1n) is 8.34. The van der Waals surface area contributed by atoms with Gasteiger partial charge in [-0.15, -0.1) is 0 Å². The summed E-state index contributed by atoms with van der Waals surface area (Å²) in [4.78, 5) is 0. The molecule has 0 fully saturated rings. The highest BCUT2D eigenvalue weighted by molar-refractivity contribution is 6.74. The summed E-state index contributed by atoms with van der Waals surface area (Å²) in [5.74, 6) is 1.88. The zero-order valence-electron chi connectivity index (χ0n) is 16.6. The van der Waals surface area contributed by atoms with Gasteiger partial charge in [-0.1, -0.05) is 53.7 Å². The molecular weight excluding hydrogens is 300 g/mol. The molecule has 23 heavy (non-hydrogen) atoms. The van der Waals surface area contributed by atoms with Crippen molar-refractivity contribution in [2.45, 2.75) is 66.6 Å². The van der Waals surface area contributed by atoms with Crippen LogP contribution in [0.4, 0.5) is 0 Å². The van der Waals surface area contributed by atoms with Gasteiger partial charge in [0.05, 0.1) is 7.11 Å². The lowest BCUT2D eigenvalue weighted by Crippen LogP contribution is -2.43. The normalized spacial score (nSPS) is 14.3. The predicted molar refractivity (Wildman–Crippen MR) is 103 cm³/mol. The standard InChI is InChI=1S/C20H34O2Si/c1-15(19(2,3)4)18(21-8)16-12-11-13-17(14-16)22-23(9,10)20(5,6)7/h11-14H,1-10H3/b18-15-. The maximum absolute atomic E-state index is 6.43. The molecule has 0 saturated heterocycles. The SMILES string of the molecule is CO/C(=C(/C)C(C)(C)C)c1cccc(O[Si](C)(C)C(C)(C)C)c1. The number of rotatable bonds is 4. The van der Waals surface area contributed by atoms with Gasteiger partial charge in [-0.3, -0.25) is 0 Å². The van der Waals surface area contributed by atoms with Crippen LogP contribution in [0.2, 0.25) is 18.1 Å². The maximum atomic E-state index is 6.43. The van der Waals surface area contributed by atoms with E-state index in [1.165, 1.54) is 5.57 Å². The van der Waals surface area contributed by atoms with E-state index >= 15 is 0 Å². The molecule has 0 spiro atoms. The molecule has 1 aromatic carbocycles. The topological polar surface area (TPSA) is 18.5 Å². The van der Waals surface area contributed by atoms with E-state index < -0.39 is 8.32 Å². The Morgan fingerprint density at radius 2 is 1.57 bits per heavy atom. The molecule has 0 atom stereocenters. The smallest absolute Gasteiger partial charge is 0.250 e. The number of allylic oxidation sites excluding steroid dienone is 1. The first-order valence-corrected chi connectivity index (χ1v) is 11.3. The molecule has 0 bridgehead atoms. The van der Waals surface area contributed by atoms with Crippen molar-refractivity contribution in [2.75, 3.05) is 7.11 Å². The van der Waals surface area contributed by atoms with Crippen LogP contribution in [-0.4, -0.2) is 15.4 Å². The van der Waals surface area contributed by atoms with Gasteiger partial charge in [-0.25, -0.2) is 0 Å². The zero-order valence-corrected chi connectivity index (χ0v) is 17.6. The summed E-state index contributed by atoms with van der Waals surface area (Å²) < 4.78 is 12.1. The van der Waals surface area contributed by atoms with Gasteiger partial charge in [0.1, 0.15) is 11.5 Å². The molecule has 3 heteroatoms. The van der Waals surface area contributed by atoms with Crippen molar-refractivity contribution in [2.24, 2.45) is 5.41 Å². The van der Waals surface area contributed by atoms with E-state index in [4.69, 9.17) is 9.16 Å². The van der Waals surface area contributed by atoms with E-state index in [0.717, 1.165) is 17.1 Å². The number of benzene rings is 1. The molecule has 0 aromatic heterocycles. The quantitative estimate of drug-likeness (QED) is 0.462. The largest absolute Gasteiger partial charge is 0.543 e. The summed E-state index contributed by atoms with van der Waals surface area (Å²) in [5, 5.41) is 0.185. The second-order valence-electron chi connectivity index (χ2n) is 8.80. The predicted octanol–water partition coefficient (Wildman–Crippen LogP) is 6.49. The lowest BCUT2D eigenvalue weighted by molar-refractivity contribution is 0.353. The van der Waals surface area contributed by atoms with Crippen LogP contribution in [0.5, 0.6) is 5.75 Å². The van der Waals surface area contributed by atoms with Crippen LogP contribution in [0.3, 0.4) is 0 Å². The minimum absolute atomic E-state index is 0.0711. The number of hydrogen-bond donors (Lipinski definition) is 0. The summed E-state index contributed by atoms with van der Waals surface area (Å²) in [6, 6.07) is 8.29. The van der Waals surface area contributed by atoms with Crippen molar-refractivity contribution in [3.8, 4) is 5.75 Å². The third-order valence-electron chi connectivity index (χ3n) is 4.95. The minimum atomic E-state index is -1.83. The molecule has 0 unspecified atom stereocenters. The Kier molecular flexibility index (Phi) is 5.79. The minimum Gasteiger partial charge on any atom is -0.543 e. The molecule has 0 aliphatic carbocycles. The molecule has 0 saturated carbocycles. The fraction of sp³-hybridized carbons (Fsp3) is 0.600. The lowest BCUT2D eigenvalue weighted by atomic mass is 9.85. The van der Waals surface area contributed by atoms with Gasteiger partial charge < -0.3 is 9.16 Å². The van der Waals surface area contributed by atoms with Gasteiger partial charge in [0.2, 0.25) is 8.32 Å². The molecule has 0 amide bonds. The van der Waals surface area contributed by atoms with E-state index in [0.29, 0.717) is 0 Å². The monoisotopic (exact) mass is 334 g/mol. The Labute approximate surface area is 144 Å². The molecular formula is C20H34O2Si. The lowest BCUT2D eigenvalue weighted by Gasteiger charge is -2.36. The fourth-order valence-corrected chi connectivity index (χ4v) is 3.00. The average molecular weight is 335 g/mol. The van der Waals surface area contributed by atoms with Crippen LogP contribution in [0.15, 0.2) is 29.8 Å². The van der Waals surface area contributed by atoms with E-state index in [1.807, 2.05) is 12.1 Å². The highest BCUT2D eigenvalue weighted by atomic mass is 28.4. The number of methoxy groups -OCH3 is 1. The summed E-state index contributed by atoms with van der Waals surface area (Å²) in [6.45, 7) is 20.1. The first-order chi connectivity index (χ1) is 10.3. The Morgan fingerprint density at radius 3 is 2.00 bits per heavy atom. The maximum Gasteiger partial charge on any atom is 0.250 e. The van der Waals surface area contributed by atoms with Crippen LogP contribution in [0.25, 0.3) is 5.76 Å². The summed E-state index contributed by atoms with van der Waals surface area (Å²) in [6.07, 6.45) is 0. The zero-order chi connectivity index (χ0) is 18.1. The molecule has 0 N–H and O–H groups in total. The van der Waals surface area contributed by atoms with Crippen molar-refractivity contribution in [1.29, 1.82) is 0 Å². The van der Waals surface area contributed by atoms with Gasteiger partial charge in [0, 0.05) is 5.56 Å². The van der Waals surface area contributed by atoms with Crippen LogP contribution in [0, 0.1) is 5.41 Å². The highest BCUT2D eigenvalue weighted by Gasteiger charge is 2.39. The molecule has 0 radical (unpaired) electrons. The van der Waals surface area contributed by atoms with Crippen LogP contribution in [-0.2, 0) is 4.74 Å². The van der Waals surface area contributed by atoms with Crippen molar-refractivity contribution in [1.82, 2.24) is 0 Å². The third kappa shape index (κ3) is 4.87. The Morgan fingerprint density at radius 1 is 1.00 bits per heavy atom. The first kappa shape index (κ1) is 19.8. The van der Waals surface area contributed by atoms with Gasteiger partial charge in [0.25, 0.3) is 0 Å². The van der Waals surface area contributed by atoms with Gasteiger partial charge in [0.15, 0.2) is 0 Å². The molecule has 0 aliphatic rings. The molecule has 130 valence electrons. The van der Waals surface area contributed by atoms with Crippen molar-refractivity contribution >= 4 is 14.1 Å². The van der Waals surface area contributed by atoms with Gasteiger partial charge >= 0.3 is 0 Å². The second kappa shape index (κ2) is 6.72. The molecule has 1 rings (SSSR count). The number of hydrogen-bond acceptors (Lipinski definition) is 2. The van der Waals surface area contributed by atoms with Crippen molar-refractivity contribution in [3.05, 3.63) is 35.4 Å². The van der Waals surface area contributed by atoms with Crippen molar-refractivity contribution < 1.29 is 9.16 Å². The molecule has 1 aromatic rings. The molecule has 0 aliphatic heterocycles. The van der Waals surface area contributed by atoms with E-state index in [9.17, 15) is 0 Å². The van der Waals surface area contributed by atoms with Crippen LogP contribution in [0.1, 0.15) is 54.0 Å². The van der Waals surface area contributed by atoms with E-state index in [1.54, 1.807) is 7.11 Å². The van der Waals surface area contributed by atoms with Crippen molar-refractivity contribution in [3.63, 3.8) is 0 Å². The molecule has 0 heterocycles. The summed E-state index contributed by atoms with van der Waals surface area (Å²) in [7, 11) is -0.0923. The van der Waals surface area contributed by atoms with Gasteiger partial charge in [-0.2, -0.15) is 0 Å². The Hall–Kier alpha value is -1.22. The second-order valence-corrected chi connectivity index (χ2v) is 13.5. The van der Waals surface area contributed by atoms with Crippen LogP contribution >= 0.6 is 0 Å². The fourth-order valence-electron chi connectivity index (χ4n) is 1.98. The average Bonchev–Trinajstić information content (AvgIpc) is 2.37. The Balaban J connectivity index is 3.25. The Bertz CT molecular complexity index is 572. The van der Waals surface area contributed by atoms with Crippen LogP contribution < -0.4 is 4.43 Å². The molecule has 2 nitrogen and oxygen atoms in total. The number of ether oxygens (including phenoxy) is 1. The summed E-state index contributed by atoms with van der Waals surface area (Å²) >= 11 is 0. The summed E-state index contributed by atoms with van der Waals surface area (Å²) in [5.41, 5.74) is 2.39. The third-order valence-corrected chi connectivity index (χ3v) is 9.30. The highest BCUT2D eigenvalue weighted by Crippen LogP contribution is 2.38. The van der Waals surface area contributed by atoms with Gasteiger partial charge in [-0.05, 0) is 48.2 Å².